The SMILES string of the molecule is COCO[C@H]1c2c(Cl)ccc([C@H]3CCC(=O)c4cc(F)cc(C#N)c43)c2CC1(F)F. The fourth-order valence-corrected chi connectivity index (χ4v) is 4.80. The molecule has 0 spiro atoms. The summed E-state index contributed by atoms with van der Waals surface area (Å²) >= 11 is 6.27. The van der Waals surface area contributed by atoms with Crippen LogP contribution in [-0.4, -0.2) is 25.6 Å². The molecule has 4 nitrogen and oxygen atoms in total. The van der Waals surface area contributed by atoms with E-state index in [1.54, 1.807) is 6.07 Å². The van der Waals surface area contributed by atoms with E-state index in [9.17, 15) is 23.2 Å². The lowest BCUT2D eigenvalue weighted by Gasteiger charge is -2.28. The van der Waals surface area contributed by atoms with E-state index in [2.05, 4.69) is 0 Å². The van der Waals surface area contributed by atoms with E-state index < -0.39 is 30.2 Å². The molecule has 2 aromatic rings. The van der Waals surface area contributed by atoms with Gasteiger partial charge in [0.1, 0.15) is 12.6 Å². The van der Waals surface area contributed by atoms with Crippen molar-refractivity contribution in [1.82, 2.24) is 0 Å². The van der Waals surface area contributed by atoms with Crippen LogP contribution in [0.3, 0.4) is 0 Å². The molecule has 30 heavy (non-hydrogen) atoms. The van der Waals surface area contributed by atoms with Crippen LogP contribution in [0, 0.1) is 17.1 Å². The number of Topliss-reactive ketones (excluding diaryl/α,β-unsaturated/α-hetero) is 1. The van der Waals surface area contributed by atoms with E-state index in [1.807, 2.05) is 6.07 Å². The van der Waals surface area contributed by atoms with E-state index in [0.29, 0.717) is 23.1 Å². The Kier molecular flexibility index (Phi) is 5.35. The molecule has 0 unspecified atom stereocenters. The normalized spacial score (nSPS) is 21.8. The smallest absolute Gasteiger partial charge is 0.282 e. The van der Waals surface area contributed by atoms with Gasteiger partial charge in [-0.2, -0.15) is 5.26 Å². The summed E-state index contributed by atoms with van der Waals surface area (Å²) in [5, 5.41) is 9.68. The number of ether oxygens (including phenoxy) is 2. The molecule has 2 atom stereocenters. The number of methoxy groups -OCH3 is 1. The zero-order valence-electron chi connectivity index (χ0n) is 16.0. The monoisotopic (exact) mass is 435 g/mol. The number of carbonyl (C=O) groups excluding carboxylic acids is 1. The topological polar surface area (TPSA) is 59.3 Å². The molecule has 8 heteroatoms. The van der Waals surface area contributed by atoms with Crippen LogP contribution in [-0.2, 0) is 15.9 Å². The Morgan fingerprint density at radius 1 is 1.30 bits per heavy atom. The van der Waals surface area contributed by atoms with Crippen molar-refractivity contribution in [2.45, 2.75) is 37.2 Å². The average Bonchev–Trinajstić information content (AvgIpc) is 2.98. The first kappa shape index (κ1) is 20.9. The van der Waals surface area contributed by atoms with Crippen LogP contribution in [0.5, 0.6) is 0 Å². The Morgan fingerprint density at radius 2 is 2.07 bits per heavy atom. The summed E-state index contributed by atoms with van der Waals surface area (Å²) in [4.78, 5) is 12.4. The molecule has 4 rings (SSSR count). The molecule has 0 amide bonds. The predicted octanol–water partition coefficient (Wildman–Crippen LogP) is 5.31. The van der Waals surface area contributed by atoms with E-state index in [-0.39, 0.29) is 40.7 Å². The number of nitrogens with zero attached hydrogens (tertiary/aromatic N) is 1. The predicted molar refractivity (Wildman–Crippen MR) is 102 cm³/mol. The molecule has 2 aliphatic rings. The minimum absolute atomic E-state index is 0.0312. The molecule has 2 aliphatic carbocycles. The summed E-state index contributed by atoms with van der Waals surface area (Å²) in [5.74, 6) is -4.65. The Balaban J connectivity index is 1.90. The van der Waals surface area contributed by atoms with E-state index in [1.165, 1.54) is 13.2 Å². The number of hydrogen-bond donors (Lipinski definition) is 0. The molecule has 0 bridgehead atoms. The lowest BCUT2D eigenvalue weighted by molar-refractivity contribution is -0.169. The quantitative estimate of drug-likeness (QED) is 0.610. The van der Waals surface area contributed by atoms with Gasteiger partial charge < -0.3 is 9.47 Å². The third-order valence-electron chi connectivity index (χ3n) is 5.70. The van der Waals surface area contributed by atoms with Crippen LogP contribution in [0.2, 0.25) is 5.02 Å². The van der Waals surface area contributed by atoms with Crippen LogP contribution in [0.1, 0.15) is 63.0 Å². The Bertz CT molecular complexity index is 1080. The van der Waals surface area contributed by atoms with Gasteiger partial charge in [-0.1, -0.05) is 17.7 Å². The molecular weight excluding hydrogens is 419 g/mol. The minimum Gasteiger partial charge on any atom is -0.359 e. The molecular formula is C22H17ClF3NO3. The fraction of sp³-hybridized carbons (Fsp3) is 0.364. The minimum atomic E-state index is -3.20. The highest BCUT2D eigenvalue weighted by Gasteiger charge is 2.51. The summed E-state index contributed by atoms with van der Waals surface area (Å²) in [7, 11) is 1.34. The Labute approximate surface area is 176 Å². The summed E-state index contributed by atoms with van der Waals surface area (Å²) < 4.78 is 53.6. The lowest BCUT2D eigenvalue weighted by atomic mass is 9.74. The van der Waals surface area contributed by atoms with Crippen LogP contribution >= 0.6 is 11.6 Å². The zero-order chi connectivity index (χ0) is 21.6. The summed E-state index contributed by atoms with van der Waals surface area (Å²) in [6.07, 6.45) is -1.69. The Hall–Kier alpha value is -2.40. The molecule has 0 fully saturated rings. The number of halogens is 4. The lowest BCUT2D eigenvalue weighted by Crippen LogP contribution is -2.25. The highest BCUT2D eigenvalue weighted by atomic mass is 35.5. The largest absolute Gasteiger partial charge is 0.359 e. The maximum absolute atomic E-state index is 14.8. The van der Waals surface area contributed by atoms with Crippen molar-refractivity contribution >= 4 is 17.4 Å². The number of benzene rings is 2. The first-order valence-corrected chi connectivity index (χ1v) is 9.72. The molecule has 0 saturated heterocycles. The standard InChI is InChI=1S/C22H17ClF3NO3/c1-29-10-30-21-20-16(8-22(21,25)26)13(2-4-17(20)23)14-3-5-18(28)15-7-12(24)6-11(9-27)19(14)15/h2,4,6-7,14,21H,3,5,8,10H2,1H3/t14-,21+/m1/s1. The molecule has 0 N–H and O–H groups in total. The second kappa shape index (κ2) is 7.69. The van der Waals surface area contributed by atoms with Gasteiger partial charge in [-0.25, -0.2) is 13.2 Å². The van der Waals surface area contributed by atoms with Crippen LogP contribution < -0.4 is 0 Å². The number of nitriles is 1. The van der Waals surface area contributed by atoms with Crippen molar-refractivity contribution in [2.75, 3.05) is 13.9 Å². The molecule has 0 saturated carbocycles. The first-order valence-electron chi connectivity index (χ1n) is 9.34. The van der Waals surface area contributed by atoms with Crippen LogP contribution in [0.15, 0.2) is 24.3 Å². The zero-order valence-corrected chi connectivity index (χ0v) is 16.7. The maximum Gasteiger partial charge on any atom is 0.282 e. The van der Waals surface area contributed by atoms with Gasteiger partial charge >= 0.3 is 0 Å². The van der Waals surface area contributed by atoms with Crippen molar-refractivity contribution in [3.05, 3.63) is 68.5 Å². The molecule has 0 heterocycles. The highest BCUT2D eigenvalue weighted by Crippen LogP contribution is 2.52. The average molecular weight is 436 g/mol. The summed E-state index contributed by atoms with van der Waals surface area (Å²) in [6, 6.07) is 7.28. The number of fused-ring (bicyclic) bond motifs is 2. The summed E-state index contributed by atoms with van der Waals surface area (Å²) in [5.41, 5.74) is 1.62. The molecule has 0 aromatic heterocycles. The fourth-order valence-electron chi connectivity index (χ4n) is 4.52. The second-order valence-corrected chi connectivity index (χ2v) is 7.87. The van der Waals surface area contributed by atoms with E-state index in [4.69, 9.17) is 21.1 Å². The summed E-state index contributed by atoms with van der Waals surface area (Å²) in [6.45, 7) is -0.321. The Morgan fingerprint density at radius 3 is 2.77 bits per heavy atom. The highest BCUT2D eigenvalue weighted by molar-refractivity contribution is 6.31. The van der Waals surface area contributed by atoms with Gasteiger partial charge in [0.25, 0.3) is 5.92 Å². The number of alkyl halides is 2. The van der Waals surface area contributed by atoms with E-state index in [0.717, 1.165) is 12.1 Å². The van der Waals surface area contributed by atoms with Gasteiger partial charge in [0.15, 0.2) is 11.9 Å². The number of rotatable bonds is 4. The van der Waals surface area contributed by atoms with Crippen LogP contribution in [0.4, 0.5) is 13.2 Å². The second-order valence-electron chi connectivity index (χ2n) is 7.46. The molecule has 156 valence electrons. The number of ketones is 1. The van der Waals surface area contributed by atoms with Gasteiger partial charge in [0.05, 0.1) is 11.6 Å². The molecule has 0 aliphatic heterocycles. The third-order valence-corrected chi connectivity index (χ3v) is 6.03. The maximum atomic E-state index is 14.8. The molecule has 2 aromatic carbocycles. The van der Waals surface area contributed by atoms with Gasteiger partial charge in [-0.05, 0) is 41.3 Å². The third kappa shape index (κ3) is 3.29. The van der Waals surface area contributed by atoms with Crippen molar-refractivity contribution in [2.24, 2.45) is 0 Å². The van der Waals surface area contributed by atoms with Crippen molar-refractivity contribution in [3.63, 3.8) is 0 Å². The van der Waals surface area contributed by atoms with Crippen molar-refractivity contribution in [3.8, 4) is 6.07 Å². The van der Waals surface area contributed by atoms with Crippen molar-refractivity contribution < 1.29 is 27.4 Å². The number of carbonyl (C=O) groups is 1. The van der Waals surface area contributed by atoms with Crippen LogP contribution in [0.25, 0.3) is 0 Å². The van der Waals surface area contributed by atoms with Gasteiger partial charge in [0.2, 0.25) is 0 Å². The van der Waals surface area contributed by atoms with Gasteiger partial charge in [0, 0.05) is 42.0 Å². The number of hydrogen-bond acceptors (Lipinski definition) is 4. The van der Waals surface area contributed by atoms with E-state index >= 15 is 0 Å². The van der Waals surface area contributed by atoms with Gasteiger partial charge in [-0.3, -0.25) is 4.79 Å². The van der Waals surface area contributed by atoms with Crippen molar-refractivity contribution in [1.29, 1.82) is 5.26 Å². The molecule has 0 radical (unpaired) electrons. The first-order chi connectivity index (χ1) is 14.3. The van der Waals surface area contributed by atoms with Gasteiger partial charge in [-0.15, -0.1) is 0 Å².